The molecular weight excluding hydrogens is 233 g/mol. The maximum absolute atomic E-state index is 13.5. The molecule has 7 heteroatoms. The molecule has 0 unspecified atom stereocenters. The zero-order valence-electron chi connectivity index (χ0n) is 8.19. The van der Waals surface area contributed by atoms with Gasteiger partial charge in [-0.3, -0.25) is 0 Å². The third-order valence-corrected chi connectivity index (χ3v) is 2.54. The lowest BCUT2D eigenvalue weighted by atomic mass is 10.1. The first kappa shape index (κ1) is 10.7. The Balaban J connectivity index is 2.38. The molecule has 0 saturated carbocycles. The van der Waals surface area contributed by atoms with E-state index in [-0.39, 0.29) is 12.4 Å². The van der Waals surface area contributed by atoms with Crippen LogP contribution in [0.2, 0.25) is 5.02 Å². The highest BCUT2D eigenvalue weighted by atomic mass is 35.5. The van der Waals surface area contributed by atoms with E-state index in [0.717, 1.165) is 4.68 Å². The van der Waals surface area contributed by atoms with Crippen molar-refractivity contribution in [1.29, 1.82) is 0 Å². The van der Waals surface area contributed by atoms with E-state index in [1.54, 1.807) is 6.07 Å². The average Bonchev–Trinajstić information content (AvgIpc) is 2.55. The SMILES string of the molecule is Nc1nnc(Cc2c(F)cccc2Cl)n1N. The van der Waals surface area contributed by atoms with Crippen molar-refractivity contribution in [1.82, 2.24) is 14.9 Å². The summed E-state index contributed by atoms with van der Waals surface area (Å²) < 4.78 is 14.6. The van der Waals surface area contributed by atoms with Crippen molar-refractivity contribution in [3.8, 4) is 0 Å². The Labute approximate surface area is 95.8 Å². The molecule has 5 nitrogen and oxygen atoms in total. The highest BCUT2D eigenvalue weighted by Gasteiger charge is 2.13. The lowest BCUT2D eigenvalue weighted by Gasteiger charge is -2.05. The van der Waals surface area contributed by atoms with Gasteiger partial charge < -0.3 is 11.6 Å². The average molecular weight is 242 g/mol. The molecule has 4 N–H and O–H groups in total. The highest BCUT2D eigenvalue weighted by Crippen LogP contribution is 2.21. The molecular formula is C9H9ClFN5. The summed E-state index contributed by atoms with van der Waals surface area (Å²) in [6.45, 7) is 0. The Hall–Kier alpha value is -1.82. The number of aromatic nitrogens is 3. The smallest absolute Gasteiger partial charge is 0.240 e. The molecule has 0 spiro atoms. The lowest BCUT2D eigenvalue weighted by Crippen LogP contribution is -2.16. The van der Waals surface area contributed by atoms with Crippen LogP contribution in [0.15, 0.2) is 18.2 Å². The van der Waals surface area contributed by atoms with Crippen LogP contribution in [0.5, 0.6) is 0 Å². The standard InChI is InChI=1S/C9H9ClFN5/c10-6-2-1-3-7(11)5(6)4-8-14-15-9(12)16(8)13/h1-3H,4,13H2,(H2,12,15). The van der Waals surface area contributed by atoms with Gasteiger partial charge in [-0.05, 0) is 12.1 Å². The van der Waals surface area contributed by atoms with Gasteiger partial charge in [0.25, 0.3) is 0 Å². The van der Waals surface area contributed by atoms with Crippen molar-refractivity contribution in [2.45, 2.75) is 6.42 Å². The van der Waals surface area contributed by atoms with E-state index in [4.69, 9.17) is 23.2 Å². The normalized spacial score (nSPS) is 10.6. The van der Waals surface area contributed by atoms with Crippen LogP contribution >= 0.6 is 11.6 Å². The summed E-state index contributed by atoms with van der Waals surface area (Å²) in [5.74, 6) is 5.57. The molecule has 2 rings (SSSR count). The predicted molar refractivity (Wildman–Crippen MR) is 58.8 cm³/mol. The van der Waals surface area contributed by atoms with Crippen molar-refractivity contribution < 1.29 is 4.39 Å². The van der Waals surface area contributed by atoms with Crippen LogP contribution in [0.1, 0.15) is 11.4 Å². The second kappa shape index (κ2) is 3.97. The van der Waals surface area contributed by atoms with E-state index < -0.39 is 5.82 Å². The van der Waals surface area contributed by atoms with Crippen LogP contribution in [0.3, 0.4) is 0 Å². The van der Waals surface area contributed by atoms with Gasteiger partial charge in [0.1, 0.15) is 5.82 Å². The number of benzene rings is 1. The van der Waals surface area contributed by atoms with E-state index in [2.05, 4.69) is 10.2 Å². The third kappa shape index (κ3) is 1.79. The van der Waals surface area contributed by atoms with Crippen LogP contribution in [-0.4, -0.2) is 14.9 Å². The molecule has 84 valence electrons. The second-order valence-corrected chi connectivity index (χ2v) is 3.63. The molecule has 0 aliphatic carbocycles. The van der Waals surface area contributed by atoms with Gasteiger partial charge in [-0.1, -0.05) is 17.7 Å². The van der Waals surface area contributed by atoms with Gasteiger partial charge in [0, 0.05) is 17.0 Å². The van der Waals surface area contributed by atoms with Crippen LogP contribution < -0.4 is 11.6 Å². The minimum absolute atomic E-state index is 0.0717. The van der Waals surface area contributed by atoms with Gasteiger partial charge in [0.05, 0.1) is 0 Å². The summed E-state index contributed by atoms with van der Waals surface area (Å²) >= 11 is 5.87. The van der Waals surface area contributed by atoms with E-state index in [1.807, 2.05) is 0 Å². The molecule has 0 saturated heterocycles. The quantitative estimate of drug-likeness (QED) is 0.767. The van der Waals surface area contributed by atoms with Gasteiger partial charge in [-0.2, -0.15) is 0 Å². The third-order valence-electron chi connectivity index (χ3n) is 2.19. The summed E-state index contributed by atoms with van der Waals surface area (Å²) in [5.41, 5.74) is 5.73. The largest absolute Gasteiger partial charge is 0.366 e. The van der Waals surface area contributed by atoms with Gasteiger partial charge in [0.2, 0.25) is 5.95 Å². The highest BCUT2D eigenvalue weighted by molar-refractivity contribution is 6.31. The molecule has 16 heavy (non-hydrogen) atoms. The Morgan fingerprint density at radius 3 is 2.69 bits per heavy atom. The maximum atomic E-state index is 13.5. The first-order valence-corrected chi connectivity index (χ1v) is 4.85. The van der Waals surface area contributed by atoms with Crippen LogP contribution in [0.25, 0.3) is 0 Å². The van der Waals surface area contributed by atoms with E-state index in [9.17, 15) is 4.39 Å². The summed E-state index contributed by atoms with van der Waals surface area (Å²) in [6, 6.07) is 4.45. The van der Waals surface area contributed by atoms with Crippen molar-refractivity contribution >= 4 is 17.5 Å². The minimum atomic E-state index is -0.408. The van der Waals surface area contributed by atoms with E-state index in [1.165, 1.54) is 12.1 Å². The van der Waals surface area contributed by atoms with Crippen molar-refractivity contribution in [2.75, 3.05) is 11.6 Å². The first-order valence-electron chi connectivity index (χ1n) is 4.47. The first-order chi connectivity index (χ1) is 7.59. The van der Waals surface area contributed by atoms with Gasteiger partial charge in [0.15, 0.2) is 5.82 Å². The molecule has 2 aromatic rings. The van der Waals surface area contributed by atoms with E-state index in [0.29, 0.717) is 16.4 Å². The molecule has 0 atom stereocenters. The zero-order valence-corrected chi connectivity index (χ0v) is 8.95. The number of halogens is 2. The predicted octanol–water partition coefficient (Wildman–Crippen LogP) is 0.957. The molecule has 1 aromatic heterocycles. The van der Waals surface area contributed by atoms with Gasteiger partial charge in [-0.25, -0.2) is 9.07 Å². The Kier molecular flexibility index (Phi) is 2.66. The molecule has 0 amide bonds. The van der Waals surface area contributed by atoms with Crippen molar-refractivity contribution in [2.24, 2.45) is 0 Å². The number of nitrogen functional groups attached to an aromatic ring is 2. The van der Waals surface area contributed by atoms with E-state index >= 15 is 0 Å². The van der Waals surface area contributed by atoms with Gasteiger partial charge >= 0.3 is 0 Å². The summed E-state index contributed by atoms with van der Waals surface area (Å²) in [5, 5.41) is 7.62. The summed E-state index contributed by atoms with van der Waals surface area (Å²) in [4.78, 5) is 0. The van der Waals surface area contributed by atoms with Crippen LogP contribution in [0, 0.1) is 5.82 Å². The van der Waals surface area contributed by atoms with Gasteiger partial charge in [-0.15, -0.1) is 10.2 Å². The maximum Gasteiger partial charge on any atom is 0.240 e. The van der Waals surface area contributed by atoms with Crippen molar-refractivity contribution in [3.05, 3.63) is 40.4 Å². The van der Waals surface area contributed by atoms with Crippen LogP contribution in [-0.2, 0) is 6.42 Å². The number of hydrogen-bond acceptors (Lipinski definition) is 4. The number of rotatable bonds is 2. The monoisotopic (exact) mass is 241 g/mol. The molecule has 0 fully saturated rings. The fourth-order valence-electron chi connectivity index (χ4n) is 1.32. The Morgan fingerprint density at radius 2 is 2.12 bits per heavy atom. The Bertz CT molecular complexity index is 504. The molecule has 0 radical (unpaired) electrons. The Morgan fingerprint density at radius 1 is 1.38 bits per heavy atom. The topological polar surface area (TPSA) is 82.8 Å². The lowest BCUT2D eigenvalue weighted by molar-refractivity contribution is 0.611. The number of hydrogen-bond donors (Lipinski definition) is 2. The minimum Gasteiger partial charge on any atom is -0.366 e. The molecule has 1 heterocycles. The summed E-state index contributed by atoms with van der Waals surface area (Å²) in [7, 11) is 0. The molecule has 1 aromatic carbocycles. The number of nitrogens with two attached hydrogens (primary N) is 2. The molecule has 0 aliphatic heterocycles. The van der Waals surface area contributed by atoms with Crippen LogP contribution in [0.4, 0.5) is 10.3 Å². The molecule has 0 aliphatic rings. The fourth-order valence-corrected chi connectivity index (χ4v) is 1.55. The summed E-state index contributed by atoms with van der Waals surface area (Å²) in [6.07, 6.45) is 0.145. The number of anilines is 1. The second-order valence-electron chi connectivity index (χ2n) is 3.22. The fraction of sp³-hybridized carbons (Fsp3) is 0.111. The molecule has 0 bridgehead atoms. The number of nitrogens with zero attached hydrogens (tertiary/aromatic N) is 3. The van der Waals surface area contributed by atoms with Crippen molar-refractivity contribution in [3.63, 3.8) is 0 Å². The zero-order chi connectivity index (χ0) is 11.7.